The van der Waals surface area contributed by atoms with Gasteiger partial charge >= 0.3 is 6.03 Å². The summed E-state index contributed by atoms with van der Waals surface area (Å²) in [6.07, 6.45) is 0. The van der Waals surface area contributed by atoms with E-state index in [1.54, 1.807) is 36.2 Å². The first-order valence-corrected chi connectivity index (χ1v) is 8.06. The number of amides is 4. The summed E-state index contributed by atoms with van der Waals surface area (Å²) >= 11 is 0. The van der Waals surface area contributed by atoms with Crippen molar-refractivity contribution in [3.05, 3.63) is 71.3 Å². The van der Waals surface area contributed by atoms with Crippen molar-refractivity contribution in [2.45, 2.75) is 6.54 Å². The molecule has 4 amide bonds. The van der Waals surface area contributed by atoms with Gasteiger partial charge in [-0.2, -0.15) is 0 Å². The number of imide groups is 1. The zero-order valence-electron chi connectivity index (χ0n) is 13.9. The van der Waals surface area contributed by atoms with Crippen molar-refractivity contribution in [2.75, 3.05) is 20.1 Å². The summed E-state index contributed by atoms with van der Waals surface area (Å²) in [7, 11) is 1.70. The van der Waals surface area contributed by atoms with Crippen molar-refractivity contribution >= 4 is 17.8 Å². The number of urea groups is 1. The largest absolute Gasteiger partial charge is 0.336 e. The van der Waals surface area contributed by atoms with Crippen molar-refractivity contribution in [2.24, 2.45) is 0 Å². The van der Waals surface area contributed by atoms with E-state index >= 15 is 0 Å². The summed E-state index contributed by atoms with van der Waals surface area (Å²) in [4.78, 5) is 39.3. The van der Waals surface area contributed by atoms with Crippen molar-refractivity contribution in [1.82, 2.24) is 15.1 Å². The van der Waals surface area contributed by atoms with E-state index in [4.69, 9.17) is 0 Å². The highest BCUT2D eigenvalue weighted by atomic mass is 16.2. The van der Waals surface area contributed by atoms with Crippen molar-refractivity contribution < 1.29 is 14.4 Å². The Hall–Kier alpha value is -3.15. The lowest BCUT2D eigenvalue weighted by atomic mass is 10.1. The van der Waals surface area contributed by atoms with Crippen LogP contribution in [-0.2, 0) is 6.54 Å². The number of nitrogens with zero attached hydrogens (tertiary/aromatic N) is 2. The van der Waals surface area contributed by atoms with Gasteiger partial charge in [0.05, 0.1) is 11.1 Å². The molecular weight excluding hydrogens is 318 g/mol. The lowest BCUT2D eigenvalue weighted by Crippen LogP contribution is -2.42. The first-order chi connectivity index (χ1) is 12.1. The lowest BCUT2D eigenvalue weighted by molar-refractivity contribution is 0.0655. The third kappa shape index (κ3) is 3.52. The Labute approximate surface area is 146 Å². The second kappa shape index (κ2) is 7.17. The molecule has 2 aromatic rings. The summed E-state index contributed by atoms with van der Waals surface area (Å²) < 4.78 is 0. The van der Waals surface area contributed by atoms with Gasteiger partial charge in [0, 0.05) is 26.7 Å². The Balaban J connectivity index is 1.51. The molecule has 2 aromatic carbocycles. The maximum Gasteiger partial charge on any atom is 0.317 e. The molecule has 0 spiro atoms. The summed E-state index contributed by atoms with van der Waals surface area (Å²) in [5.41, 5.74) is 1.86. The number of fused-ring (bicyclic) bond motifs is 1. The number of rotatable bonds is 5. The standard InChI is InChI=1S/C19H19N3O3/c1-21(13-14-7-3-2-4-8-14)19(25)20-11-12-22-17(23)15-9-5-6-10-16(15)18(22)24/h2-10H,11-13H2,1H3,(H,20,25). The molecule has 128 valence electrons. The molecule has 0 aliphatic carbocycles. The number of hydrogen-bond acceptors (Lipinski definition) is 3. The average Bonchev–Trinajstić information content (AvgIpc) is 2.87. The fourth-order valence-corrected chi connectivity index (χ4v) is 2.78. The quantitative estimate of drug-likeness (QED) is 0.850. The van der Waals surface area contributed by atoms with Gasteiger partial charge in [-0.1, -0.05) is 42.5 Å². The third-order valence-electron chi connectivity index (χ3n) is 4.10. The van der Waals surface area contributed by atoms with Crippen LogP contribution in [0.1, 0.15) is 26.3 Å². The number of carbonyl (C=O) groups excluding carboxylic acids is 3. The maximum atomic E-state index is 12.2. The van der Waals surface area contributed by atoms with E-state index in [1.807, 2.05) is 30.3 Å². The van der Waals surface area contributed by atoms with Gasteiger partial charge < -0.3 is 10.2 Å². The normalized spacial score (nSPS) is 12.9. The van der Waals surface area contributed by atoms with Crippen LogP contribution in [0.4, 0.5) is 4.79 Å². The number of carbonyl (C=O) groups is 3. The molecule has 0 atom stereocenters. The van der Waals surface area contributed by atoms with Crippen LogP contribution in [0.2, 0.25) is 0 Å². The molecule has 0 unspecified atom stereocenters. The first kappa shape index (κ1) is 16.7. The van der Waals surface area contributed by atoms with Crippen LogP contribution in [0.25, 0.3) is 0 Å². The Kier molecular flexibility index (Phi) is 4.79. The average molecular weight is 337 g/mol. The van der Waals surface area contributed by atoms with Crippen LogP contribution < -0.4 is 5.32 Å². The predicted molar refractivity (Wildman–Crippen MR) is 93.1 cm³/mol. The van der Waals surface area contributed by atoms with Gasteiger partial charge in [-0.05, 0) is 17.7 Å². The minimum absolute atomic E-state index is 0.150. The smallest absolute Gasteiger partial charge is 0.317 e. The highest BCUT2D eigenvalue weighted by molar-refractivity contribution is 6.21. The second-order valence-corrected chi connectivity index (χ2v) is 5.88. The first-order valence-electron chi connectivity index (χ1n) is 8.06. The Bertz CT molecular complexity index is 770. The van der Waals surface area contributed by atoms with E-state index in [9.17, 15) is 14.4 Å². The van der Waals surface area contributed by atoms with E-state index in [1.165, 1.54) is 4.90 Å². The van der Waals surface area contributed by atoms with Crippen LogP contribution in [0.15, 0.2) is 54.6 Å². The molecule has 1 aliphatic heterocycles. The molecule has 0 bridgehead atoms. The van der Waals surface area contributed by atoms with Crippen LogP contribution in [0.5, 0.6) is 0 Å². The molecule has 3 rings (SSSR count). The highest BCUT2D eigenvalue weighted by Crippen LogP contribution is 2.21. The van der Waals surface area contributed by atoms with Crippen LogP contribution in [0, 0.1) is 0 Å². The molecule has 0 saturated heterocycles. The maximum absolute atomic E-state index is 12.2. The SMILES string of the molecule is CN(Cc1ccccc1)C(=O)NCCN1C(=O)c2ccccc2C1=O. The molecule has 25 heavy (non-hydrogen) atoms. The molecular formula is C19H19N3O3. The summed E-state index contributed by atoms with van der Waals surface area (Å²) in [6, 6.07) is 16.1. The molecule has 0 radical (unpaired) electrons. The van der Waals surface area contributed by atoms with Gasteiger partial charge in [0.1, 0.15) is 0 Å². The zero-order valence-corrected chi connectivity index (χ0v) is 13.9. The Morgan fingerprint density at radius 1 is 0.960 bits per heavy atom. The predicted octanol–water partition coefficient (Wildman–Crippen LogP) is 2.12. The molecule has 0 aromatic heterocycles. The topological polar surface area (TPSA) is 69.7 Å². The third-order valence-corrected chi connectivity index (χ3v) is 4.10. The zero-order chi connectivity index (χ0) is 17.8. The molecule has 1 heterocycles. The van der Waals surface area contributed by atoms with E-state index in [0.717, 1.165) is 5.56 Å². The Morgan fingerprint density at radius 2 is 1.52 bits per heavy atom. The van der Waals surface area contributed by atoms with Gasteiger partial charge in [-0.3, -0.25) is 14.5 Å². The van der Waals surface area contributed by atoms with Gasteiger partial charge in [0.2, 0.25) is 0 Å². The van der Waals surface area contributed by atoms with Crippen LogP contribution in [0.3, 0.4) is 0 Å². The molecule has 6 heteroatoms. The van der Waals surface area contributed by atoms with Crippen molar-refractivity contribution in [3.8, 4) is 0 Å². The van der Waals surface area contributed by atoms with Gasteiger partial charge in [-0.15, -0.1) is 0 Å². The van der Waals surface area contributed by atoms with Crippen molar-refractivity contribution in [3.63, 3.8) is 0 Å². The van der Waals surface area contributed by atoms with Gasteiger partial charge in [0.15, 0.2) is 0 Å². The number of nitrogens with one attached hydrogen (secondary N) is 1. The van der Waals surface area contributed by atoms with Crippen molar-refractivity contribution in [1.29, 1.82) is 0 Å². The second-order valence-electron chi connectivity index (χ2n) is 5.88. The van der Waals surface area contributed by atoms with Crippen LogP contribution in [-0.4, -0.2) is 47.8 Å². The molecule has 6 nitrogen and oxygen atoms in total. The molecule has 0 fully saturated rings. The molecule has 0 saturated carbocycles. The van der Waals surface area contributed by atoms with Gasteiger partial charge in [-0.25, -0.2) is 4.79 Å². The minimum Gasteiger partial charge on any atom is -0.336 e. The summed E-state index contributed by atoms with van der Waals surface area (Å²) in [6.45, 7) is 0.848. The van der Waals surface area contributed by atoms with Gasteiger partial charge in [0.25, 0.3) is 11.8 Å². The highest BCUT2D eigenvalue weighted by Gasteiger charge is 2.34. The van der Waals surface area contributed by atoms with E-state index in [2.05, 4.69) is 5.32 Å². The minimum atomic E-state index is -0.313. The summed E-state index contributed by atoms with van der Waals surface area (Å²) in [5.74, 6) is -0.625. The van der Waals surface area contributed by atoms with E-state index in [0.29, 0.717) is 17.7 Å². The summed E-state index contributed by atoms with van der Waals surface area (Å²) in [5, 5.41) is 2.74. The monoisotopic (exact) mass is 337 g/mol. The number of benzene rings is 2. The van der Waals surface area contributed by atoms with Crippen LogP contribution >= 0.6 is 0 Å². The molecule has 1 aliphatic rings. The fraction of sp³-hybridized carbons (Fsp3) is 0.211. The fourth-order valence-electron chi connectivity index (χ4n) is 2.78. The number of hydrogen-bond donors (Lipinski definition) is 1. The lowest BCUT2D eigenvalue weighted by Gasteiger charge is -2.19. The van der Waals surface area contributed by atoms with E-state index < -0.39 is 0 Å². The Morgan fingerprint density at radius 3 is 2.12 bits per heavy atom. The molecule has 1 N–H and O–H groups in total. The van der Waals surface area contributed by atoms with E-state index in [-0.39, 0.29) is 30.9 Å².